The van der Waals surface area contributed by atoms with E-state index < -0.39 is 72.8 Å². The maximum absolute atomic E-state index is 13.7. The average molecular weight is 1380 g/mol. The third kappa shape index (κ3) is 23.5. The second-order valence-corrected chi connectivity index (χ2v) is 24.5. The second kappa shape index (κ2) is 38.1. The van der Waals surface area contributed by atoms with Crippen LogP contribution in [0.1, 0.15) is 58.4 Å². The summed E-state index contributed by atoms with van der Waals surface area (Å²) in [7, 11) is 7.67. The lowest BCUT2D eigenvalue weighted by Gasteiger charge is -2.39. The van der Waals surface area contributed by atoms with Crippen LogP contribution in [0.15, 0.2) is 95.7 Å². The van der Waals surface area contributed by atoms with Crippen molar-refractivity contribution in [2.45, 2.75) is 95.6 Å². The number of aliphatic hydroxyl groups excluding tert-OH is 4. The number of aromatic carboxylic acids is 1. The third-order valence-corrected chi connectivity index (χ3v) is 15.4. The summed E-state index contributed by atoms with van der Waals surface area (Å²) in [5.74, 6) is -1.11. The maximum Gasteiger partial charge on any atom is 0.408 e. The highest BCUT2D eigenvalue weighted by molar-refractivity contribution is 6.09. The van der Waals surface area contributed by atoms with Crippen LogP contribution >= 0.6 is 0 Å². The van der Waals surface area contributed by atoms with Crippen molar-refractivity contribution in [1.82, 2.24) is 50.5 Å². The van der Waals surface area contributed by atoms with Gasteiger partial charge in [-0.1, -0.05) is 28.6 Å². The van der Waals surface area contributed by atoms with Crippen molar-refractivity contribution < 1.29 is 96.5 Å². The molecule has 31 nitrogen and oxygen atoms in total. The molecule has 6 atom stereocenters. The van der Waals surface area contributed by atoms with Gasteiger partial charge in [0, 0.05) is 78.7 Å². The van der Waals surface area contributed by atoms with E-state index in [-0.39, 0.29) is 57.1 Å². The number of aromatic nitrogens is 6. The van der Waals surface area contributed by atoms with Crippen LogP contribution in [0.3, 0.4) is 0 Å². The normalized spacial score (nSPS) is 16.6. The van der Waals surface area contributed by atoms with E-state index in [2.05, 4.69) is 36.6 Å². The van der Waals surface area contributed by atoms with E-state index in [1.807, 2.05) is 98.3 Å². The highest BCUT2D eigenvalue weighted by Crippen LogP contribution is 2.42. The lowest BCUT2D eigenvalue weighted by molar-refractivity contribution is -0.300. The van der Waals surface area contributed by atoms with Crippen molar-refractivity contribution >= 4 is 40.5 Å². The largest absolute Gasteiger partial charge is 0.545 e. The topological polar surface area (TPSA) is 381 Å². The Bertz CT molecular complexity index is 3740. The number of carboxylic acids is 1. The number of benzene rings is 4. The molecule has 5 aromatic rings. The smallest absolute Gasteiger partial charge is 0.408 e. The number of nitrogens with one attached hydrogen (secondary N) is 3. The number of hydrogen-bond acceptors (Lipinski definition) is 25. The average Bonchev–Trinajstić information content (AvgIpc) is 1.48. The van der Waals surface area contributed by atoms with Gasteiger partial charge in [0.2, 0.25) is 11.3 Å². The van der Waals surface area contributed by atoms with Crippen molar-refractivity contribution in [3.05, 3.63) is 125 Å². The molecule has 1 fully saturated rings. The molecule has 8 rings (SSSR count). The summed E-state index contributed by atoms with van der Waals surface area (Å²) in [4.78, 5) is 54.4. The summed E-state index contributed by atoms with van der Waals surface area (Å²) < 4.78 is 67.6. The number of anilines is 1. The second-order valence-electron chi connectivity index (χ2n) is 24.5. The summed E-state index contributed by atoms with van der Waals surface area (Å²) in [6, 6.07) is 22.1. The van der Waals surface area contributed by atoms with E-state index in [1.54, 1.807) is 48.6 Å². The molecule has 99 heavy (non-hydrogen) atoms. The number of aliphatic hydroxyl groups is 4. The molecular formula is C68H91N11O20. The van der Waals surface area contributed by atoms with E-state index in [0.29, 0.717) is 136 Å². The van der Waals surface area contributed by atoms with E-state index >= 15 is 0 Å². The van der Waals surface area contributed by atoms with Gasteiger partial charge in [0.1, 0.15) is 79.5 Å². The lowest BCUT2D eigenvalue weighted by Crippen LogP contribution is -2.59. The number of amides is 3. The third-order valence-electron chi connectivity index (χ3n) is 15.4. The molecule has 3 aliphatic rings. The molecule has 538 valence electrons. The Morgan fingerprint density at radius 1 is 0.697 bits per heavy atom. The summed E-state index contributed by atoms with van der Waals surface area (Å²) >= 11 is 0. The highest BCUT2D eigenvalue weighted by atomic mass is 16.7. The number of rotatable bonds is 40. The van der Waals surface area contributed by atoms with Gasteiger partial charge in [-0.3, -0.25) is 9.59 Å². The summed E-state index contributed by atoms with van der Waals surface area (Å²) in [6.07, 6.45) is -3.48. The van der Waals surface area contributed by atoms with Crippen LogP contribution in [0, 0.1) is 0 Å². The Labute approximate surface area is 572 Å². The minimum absolute atomic E-state index is 0.0343. The van der Waals surface area contributed by atoms with Crippen molar-refractivity contribution in [3.8, 4) is 28.2 Å². The Morgan fingerprint density at radius 3 is 1.95 bits per heavy atom. The SMILES string of the molecule is CN(C)c1ccc2c(-c3cc(C(=O)NCc4cn(CCOCCOCCOCCNC(=O)[C@H](Cc5cn(CCOCCOCCOCCOc6ccc(CCO[C@@H]7O[C@H](CO)[C@@H](O)[C@H](O)[C@H]7O)cc6)nn5)NC(=O)OC(C)(C)C)nn4)ccc3C(=O)[O-])c3ccc(=[N+](C)C)cc-3oc2c1. The molecule has 4 heterocycles. The monoisotopic (exact) mass is 1380 g/mol. The zero-order valence-corrected chi connectivity index (χ0v) is 56.9. The fourth-order valence-corrected chi connectivity index (χ4v) is 10.2. The van der Waals surface area contributed by atoms with E-state index in [4.69, 9.17) is 51.8 Å². The van der Waals surface area contributed by atoms with Crippen molar-refractivity contribution in [2.24, 2.45) is 0 Å². The van der Waals surface area contributed by atoms with Crippen LogP contribution in [0.4, 0.5) is 10.5 Å². The van der Waals surface area contributed by atoms with Crippen LogP contribution in [-0.4, -0.2) is 250 Å². The zero-order chi connectivity index (χ0) is 70.8. The van der Waals surface area contributed by atoms with E-state index in [9.17, 15) is 44.7 Å². The molecule has 0 bridgehead atoms. The Kier molecular flexibility index (Phi) is 29.3. The van der Waals surface area contributed by atoms with Gasteiger partial charge in [0.25, 0.3) is 5.91 Å². The summed E-state index contributed by atoms with van der Waals surface area (Å²) in [5.41, 5.74) is 4.23. The first kappa shape index (κ1) is 76.2. The first-order valence-corrected chi connectivity index (χ1v) is 32.6. The van der Waals surface area contributed by atoms with Crippen LogP contribution in [0.5, 0.6) is 5.75 Å². The number of alkyl carbamates (subject to hydrolysis) is 1. The Hall–Kier alpha value is -8.57. The number of carboxylic acid groups (broad SMARTS) is 1. The molecule has 3 aromatic carbocycles. The first-order valence-electron chi connectivity index (χ1n) is 32.6. The molecule has 1 aliphatic carbocycles. The molecule has 0 radical (unpaired) electrons. The predicted octanol–water partition coefficient (Wildman–Crippen LogP) is 0.569. The molecule has 2 aromatic heterocycles. The van der Waals surface area contributed by atoms with Gasteiger partial charge in [0.05, 0.1) is 136 Å². The number of carbonyl (C=O) groups is 4. The highest BCUT2D eigenvalue weighted by Gasteiger charge is 2.44. The number of nitrogens with zero attached hydrogens (tertiary/aromatic N) is 8. The van der Waals surface area contributed by atoms with Gasteiger partial charge < -0.3 is 103 Å². The van der Waals surface area contributed by atoms with E-state index in [1.165, 1.54) is 12.1 Å². The molecule has 0 unspecified atom stereocenters. The zero-order valence-electron chi connectivity index (χ0n) is 56.9. The summed E-state index contributed by atoms with van der Waals surface area (Å²) in [5, 5.41) is 78.5. The fourth-order valence-electron chi connectivity index (χ4n) is 10.2. The molecule has 3 amide bonds. The van der Waals surface area contributed by atoms with Crippen LogP contribution in [0.2, 0.25) is 0 Å². The number of ether oxygens (including phenoxy) is 10. The number of hydrogen-bond donors (Lipinski definition) is 7. The minimum atomic E-state index is -1.50. The summed E-state index contributed by atoms with van der Waals surface area (Å²) in [6.45, 7) is 9.79. The van der Waals surface area contributed by atoms with Crippen molar-refractivity contribution in [1.29, 1.82) is 0 Å². The predicted molar refractivity (Wildman–Crippen MR) is 355 cm³/mol. The number of fused-ring (bicyclic) bond motifs is 2. The van der Waals surface area contributed by atoms with E-state index in [0.717, 1.165) is 16.6 Å². The van der Waals surface area contributed by atoms with Gasteiger partial charge in [0.15, 0.2) is 6.29 Å². The van der Waals surface area contributed by atoms with Gasteiger partial charge >= 0.3 is 6.09 Å². The molecule has 0 spiro atoms. The van der Waals surface area contributed by atoms with Gasteiger partial charge in [-0.2, -0.15) is 0 Å². The molecular weight excluding hydrogens is 1290 g/mol. The quantitative estimate of drug-likeness (QED) is 0.0157. The minimum Gasteiger partial charge on any atom is -0.545 e. The molecule has 0 saturated carbocycles. The molecule has 2 aliphatic heterocycles. The van der Waals surface area contributed by atoms with Gasteiger partial charge in [-0.15, -0.1) is 10.2 Å². The maximum atomic E-state index is 13.7. The van der Waals surface area contributed by atoms with Gasteiger partial charge in [-0.05, 0) is 80.8 Å². The molecule has 7 N–H and O–H groups in total. The number of carbonyl (C=O) groups excluding carboxylic acids is 4. The van der Waals surface area contributed by atoms with Crippen LogP contribution < -0.4 is 40.6 Å². The van der Waals surface area contributed by atoms with Gasteiger partial charge in [-0.25, -0.2) is 18.7 Å². The first-order chi connectivity index (χ1) is 47.6. The lowest BCUT2D eigenvalue weighted by atomic mass is 9.89. The fraction of sp³-hybridized carbons (Fsp3) is 0.515. The van der Waals surface area contributed by atoms with Crippen LogP contribution in [0.25, 0.3) is 33.4 Å². The molecule has 1 saturated heterocycles. The molecule has 31 heteroatoms. The van der Waals surface area contributed by atoms with Crippen molar-refractivity contribution in [2.75, 3.05) is 139 Å². The van der Waals surface area contributed by atoms with Crippen LogP contribution in [-0.2, 0) is 79.9 Å². The standard InChI is InChI=1S/C68H91N11O20/c1-68(2,3)99-67(88)71-55(37-46-41-78(74-72-46)20-24-90-28-31-93-32-33-94-34-35-95-50-13-8-44(9-14-50)18-22-96-66-62(83)61(82)60(81)58(43-80)98-66)64(85)69-19-23-89-26-29-92-30-27-91-25-21-79-42-47(73-75-79)40-70-63(84)45-10-15-51(65(86)87)54(36-45)59-52-16-11-48(76(4)5)38-56(52)97-57-39-49(77(6)7)12-17-53(57)59/h8-17,36,38-39,41-42,55,58,60-62,66,80-83H,18-35,37,40,43H2,1-7H3,(H3-,69,70,71,84,85,86,87,88)/t55-,58+,60+,61-,62+,66+/m0/s1. The van der Waals surface area contributed by atoms with Crippen molar-refractivity contribution in [3.63, 3.8) is 0 Å². The Morgan fingerprint density at radius 2 is 1.32 bits per heavy atom. The Balaban J connectivity index is 0.652.